The summed E-state index contributed by atoms with van der Waals surface area (Å²) >= 11 is 5.97. The summed E-state index contributed by atoms with van der Waals surface area (Å²) in [6.07, 6.45) is 0. The first-order valence-electron chi connectivity index (χ1n) is 5.86. The molecule has 0 spiro atoms. The highest BCUT2D eigenvalue weighted by molar-refractivity contribution is 6.31. The van der Waals surface area contributed by atoms with E-state index in [-0.39, 0.29) is 18.9 Å². The Morgan fingerprint density at radius 1 is 1.20 bits per heavy atom. The van der Waals surface area contributed by atoms with E-state index in [1.54, 1.807) is 30.3 Å². The average molecular weight is 294 g/mol. The minimum atomic E-state index is -0.487. The van der Waals surface area contributed by atoms with E-state index < -0.39 is 4.92 Å². The highest BCUT2D eigenvalue weighted by atomic mass is 35.5. The summed E-state index contributed by atoms with van der Waals surface area (Å²) < 4.78 is 5.49. The lowest BCUT2D eigenvalue weighted by Crippen LogP contribution is -2.01. The van der Waals surface area contributed by atoms with E-state index in [1.165, 1.54) is 12.1 Å². The fraction of sp³-hybridized carbons (Fsp3) is 0.143. The smallest absolute Gasteiger partial charge is 0.277 e. The number of benzene rings is 2. The van der Waals surface area contributed by atoms with E-state index in [2.05, 4.69) is 0 Å². The van der Waals surface area contributed by atoms with Gasteiger partial charge in [-0.05, 0) is 23.8 Å². The molecule has 20 heavy (non-hydrogen) atoms. The average Bonchev–Trinajstić information content (AvgIpc) is 2.46. The Kier molecular flexibility index (Phi) is 4.55. The third-order valence-corrected chi connectivity index (χ3v) is 3.13. The van der Waals surface area contributed by atoms with Crippen molar-refractivity contribution in [2.24, 2.45) is 0 Å². The largest absolute Gasteiger partial charge is 0.489 e. The Bertz CT molecular complexity index is 613. The molecule has 0 atom stereocenters. The van der Waals surface area contributed by atoms with Crippen molar-refractivity contribution in [2.75, 3.05) is 0 Å². The highest BCUT2D eigenvalue weighted by Gasteiger charge is 2.16. The molecule has 2 rings (SSSR count). The second-order valence-corrected chi connectivity index (χ2v) is 4.49. The lowest BCUT2D eigenvalue weighted by molar-refractivity contribution is -0.385. The molecule has 0 aromatic heterocycles. The quantitative estimate of drug-likeness (QED) is 0.678. The predicted octanol–water partition coefficient (Wildman–Crippen LogP) is 3.32. The third kappa shape index (κ3) is 3.26. The molecule has 0 aliphatic heterocycles. The number of ether oxygens (including phenoxy) is 1. The number of nitro benzene ring substituents is 1. The van der Waals surface area contributed by atoms with Crippen molar-refractivity contribution < 1.29 is 14.8 Å². The van der Waals surface area contributed by atoms with Crippen molar-refractivity contribution in [3.8, 4) is 5.75 Å². The van der Waals surface area contributed by atoms with Crippen molar-refractivity contribution in [3.63, 3.8) is 0 Å². The van der Waals surface area contributed by atoms with Gasteiger partial charge in [0.25, 0.3) is 5.69 Å². The van der Waals surface area contributed by atoms with Gasteiger partial charge in [-0.15, -0.1) is 0 Å². The van der Waals surface area contributed by atoms with Crippen molar-refractivity contribution >= 4 is 17.3 Å². The number of nitro groups is 1. The first-order valence-corrected chi connectivity index (χ1v) is 6.24. The van der Waals surface area contributed by atoms with Gasteiger partial charge in [0, 0.05) is 6.07 Å². The Labute approximate surface area is 120 Å². The molecule has 0 fully saturated rings. The summed E-state index contributed by atoms with van der Waals surface area (Å²) in [7, 11) is 0. The fourth-order valence-corrected chi connectivity index (χ4v) is 1.93. The van der Waals surface area contributed by atoms with Gasteiger partial charge in [0.1, 0.15) is 12.4 Å². The highest BCUT2D eigenvalue weighted by Crippen LogP contribution is 2.27. The zero-order valence-electron chi connectivity index (χ0n) is 10.5. The Balaban J connectivity index is 2.16. The lowest BCUT2D eigenvalue weighted by atomic mass is 10.2. The second-order valence-electron chi connectivity index (χ2n) is 4.09. The van der Waals surface area contributed by atoms with E-state index in [0.29, 0.717) is 16.3 Å². The van der Waals surface area contributed by atoms with E-state index in [9.17, 15) is 10.1 Å². The zero-order chi connectivity index (χ0) is 14.5. The van der Waals surface area contributed by atoms with Crippen LogP contribution in [0.1, 0.15) is 11.1 Å². The van der Waals surface area contributed by atoms with Crippen LogP contribution in [-0.4, -0.2) is 10.0 Å². The third-order valence-electron chi connectivity index (χ3n) is 2.78. The van der Waals surface area contributed by atoms with Crippen LogP contribution in [0.15, 0.2) is 42.5 Å². The van der Waals surface area contributed by atoms with Crippen molar-refractivity contribution in [1.82, 2.24) is 0 Å². The molecule has 0 amide bonds. The molecule has 2 aromatic rings. The van der Waals surface area contributed by atoms with Gasteiger partial charge in [-0.1, -0.05) is 29.8 Å². The number of aliphatic hydroxyl groups excluding tert-OH is 1. The molecule has 0 heterocycles. The molecule has 0 bridgehead atoms. The number of halogens is 1. The molecule has 1 N–H and O–H groups in total. The number of nitrogens with zero attached hydrogens (tertiary/aromatic N) is 1. The maximum Gasteiger partial charge on any atom is 0.277 e. The summed E-state index contributed by atoms with van der Waals surface area (Å²) in [5, 5.41) is 20.2. The Morgan fingerprint density at radius 2 is 1.90 bits per heavy atom. The SMILES string of the molecule is O=[N+]([O-])c1cccc(Cl)c1COc1ccc(CO)cc1. The van der Waals surface area contributed by atoms with Gasteiger partial charge in [-0.25, -0.2) is 0 Å². The summed E-state index contributed by atoms with van der Waals surface area (Å²) in [6, 6.07) is 11.3. The van der Waals surface area contributed by atoms with Crippen LogP contribution >= 0.6 is 11.6 Å². The van der Waals surface area contributed by atoms with Gasteiger partial charge in [0.05, 0.1) is 22.1 Å². The van der Waals surface area contributed by atoms with Crippen LogP contribution in [0, 0.1) is 10.1 Å². The predicted molar refractivity (Wildman–Crippen MR) is 74.8 cm³/mol. The Hall–Kier alpha value is -2.11. The van der Waals surface area contributed by atoms with Gasteiger partial charge in [-0.2, -0.15) is 0 Å². The van der Waals surface area contributed by atoms with Crippen molar-refractivity contribution in [3.05, 3.63) is 68.7 Å². The summed E-state index contributed by atoms with van der Waals surface area (Å²) in [6.45, 7) is -0.0370. The van der Waals surface area contributed by atoms with Crippen LogP contribution in [0.4, 0.5) is 5.69 Å². The van der Waals surface area contributed by atoms with Crippen LogP contribution in [0.2, 0.25) is 5.02 Å². The van der Waals surface area contributed by atoms with Crippen molar-refractivity contribution in [1.29, 1.82) is 0 Å². The molecule has 0 aliphatic carbocycles. The summed E-state index contributed by atoms with van der Waals surface area (Å²) in [5.74, 6) is 0.552. The molecular formula is C14H12ClNO4. The molecule has 0 aliphatic rings. The van der Waals surface area contributed by atoms with Gasteiger partial charge in [0.15, 0.2) is 0 Å². The summed E-state index contributed by atoms with van der Waals surface area (Å²) in [4.78, 5) is 10.4. The first-order chi connectivity index (χ1) is 9.61. The number of hydrogen-bond donors (Lipinski definition) is 1. The van der Waals surface area contributed by atoms with Crippen molar-refractivity contribution in [2.45, 2.75) is 13.2 Å². The molecule has 6 heteroatoms. The van der Waals surface area contributed by atoms with Gasteiger partial charge < -0.3 is 9.84 Å². The van der Waals surface area contributed by atoms with Gasteiger partial charge in [0.2, 0.25) is 0 Å². The standard InChI is InChI=1S/C14H12ClNO4/c15-13-2-1-3-14(16(18)19)12(13)9-20-11-6-4-10(8-17)5-7-11/h1-7,17H,8-9H2. The van der Waals surface area contributed by atoms with Crippen LogP contribution < -0.4 is 4.74 Å². The topological polar surface area (TPSA) is 72.6 Å². The minimum absolute atomic E-state index is 0.00839. The molecule has 104 valence electrons. The molecule has 0 unspecified atom stereocenters. The Morgan fingerprint density at radius 3 is 2.50 bits per heavy atom. The zero-order valence-corrected chi connectivity index (χ0v) is 11.2. The van der Waals surface area contributed by atoms with Crippen LogP contribution in [0.25, 0.3) is 0 Å². The normalized spacial score (nSPS) is 10.3. The van der Waals surface area contributed by atoms with E-state index >= 15 is 0 Å². The van der Waals surface area contributed by atoms with Crippen LogP contribution in [-0.2, 0) is 13.2 Å². The van der Waals surface area contributed by atoms with E-state index in [0.717, 1.165) is 5.56 Å². The van der Waals surface area contributed by atoms with Crippen LogP contribution in [0.3, 0.4) is 0 Å². The number of hydrogen-bond acceptors (Lipinski definition) is 4. The first kappa shape index (κ1) is 14.3. The maximum atomic E-state index is 10.9. The minimum Gasteiger partial charge on any atom is -0.489 e. The number of rotatable bonds is 5. The molecular weight excluding hydrogens is 282 g/mol. The molecule has 2 aromatic carbocycles. The second kappa shape index (κ2) is 6.36. The maximum absolute atomic E-state index is 10.9. The number of aliphatic hydroxyl groups is 1. The van der Waals surface area contributed by atoms with E-state index in [1.807, 2.05) is 0 Å². The molecule has 0 saturated carbocycles. The lowest BCUT2D eigenvalue weighted by Gasteiger charge is -2.08. The fourth-order valence-electron chi connectivity index (χ4n) is 1.71. The molecule has 0 radical (unpaired) electrons. The summed E-state index contributed by atoms with van der Waals surface area (Å²) in [5.41, 5.74) is 1.04. The van der Waals surface area contributed by atoms with Gasteiger partial charge >= 0.3 is 0 Å². The molecule has 5 nitrogen and oxygen atoms in total. The van der Waals surface area contributed by atoms with Crippen LogP contribution in [0.5, 0.6) is 5.75 Å². The monoisotopic (exact) mass is 293 g/mol. The molecule has 0 saturated heterocycles. The van der Waals surface area contributed by atoms with Gasteiger partial charge in [-0.3, -0.25) is 10.1 Å². The van der Waals surface area contributed by atoms with E-state index in [4.69, 9.17) is 21.4 Å².